The molecule has 37 atom stereocenters. The second-order valence-corrected chi connectivity index (χ2v) is 49.9. The van der Waals surface area contributed by atoms with E-state index in [1.54, 1.807) is 28.4 Å². The van der Waals surface area contributed by atoms with Crippen LogP contribution in [0.25, 0.3) is 0 Å². The first-order chi connectivity index (χ1) is 71.0. The zero-order valence-electron chi connectivity index (χ0n) is 97.7. The number of hydrogen-bond acceptors (Lipinski definition) is 30. The van der Waals surface area contributed by atoms with Crippen LogP contribution >= 0.6 is 0 Å². The van der Waals surface area contributed by atoms with Gasteiger partial charge in [0.1, 0.15) is 12.2 Å². The van der Waals surface area contributed by atoms with Crippen molar-refractivity contribution in [2.75, 3.05) is 111 Å². The molecule has 0 aromatic carbocycles. The molecule has 0 aromatic rings. The van der Waals surface area contributed by atoms with E-state index < -0.39 is 0 Å². The molecule has 0 spiro atoms. The smallest absolute Gasteiger partial charge is 0.311 e. The van der Waals surface area contributed by atoms with Crippen LogP contribution < -0.4 is 0 Å². The fourth-order valence-electron chi connectivity index (χ4n) is 29.9. The number of ether oxygens (including phenoxy) is 16. The van der Waals surface area contributed by atoms with E-state index in [1.165, 1.54) is 191 Å². The van der Waals surface area contributed by atoms with Gasteiger partial charge in [0.15, 0.2) is 0 Å². The SMILES string of the molecule is CC1OC(=O)C2C3CCC(C3)C12.CC1OC(=O)C2C3CCC(C3)C12.CCC(C)(C)C(=O)OC.CCC(C)(C)C(=O)OC.CCC(C)(C)C(=O)OC.CCC(C)(C)C(=O)OC.CCC(C)C(=O)OC.CCC(C)C(=O)OC.CCC(C)C(=O)OC.COC.COC.O=C1OCC2C3CC(C12)C1C2CCC(C2)C31.O=C1OCC2C3CCC(C3)C12.O=C1OCC2C3CCC(C3)C12.O=C1OCC2C3CCC(C3)C12.O=C1OCC2C3CCC(C3)C12. The fraction of sp³-hybridized carbons (Fsp3) is 0.883. The highest BCUT2D eigenvalue weighted by molar-refractivity contribution is 5.81. The monoisotopic (exact) mass is 2120 g/mol. The van der Waals surface area contributed by atoms with Crippen molar-refractivity contribution in [3.8, 4) is 0 Å². The molecule has 16 bridgehead atoms. The summed E-state index contributed by atoms with van der Waals surface area (Å²) < 4.78 is 76.3. The summed E-state index contributed by atoms with van der Waals surface area (Å²) in [5, 5.41) is 0. The van der Waals surface area contributed by atoms with Crippen molar-refractivity contribution in [1.29, 1.82) is 0 Å². The number of carbonyl (C=O) groups excluding carboxylic acids is 14. The van der Waals surface area contributed by atoms with Crippen molar-refractivity contribution < 1.29 is 143 Å². The van der Waals surface area contributed by atoms with E-state index in [4.69, 9.17) is 33.2 Å². The van der Waals surface area contributed by atoms with E-state index in [2.05, 4.69) is 56.5 Å². The zero-order valence-corrected chi connectivity index (χ0v) is 97.7. The van der Waals surface area contributed by atoms with Gasteiger partial charge in [-0.2, -0.15) is 0 Å². The summed E-state index contributed by atoms with van der Waals surface area (Å²) in [6.45, 7) is 42.1. The molecule has 0 radical (unpaired) electrons. The standard InChI is InChI=1S/C14H18O2.2C10H14O2.4C9H12O2.4C7H14O2.3C6H12O2.2C2H6O/c15-14-13-9-4-8(10(13)5-16-14)11-6-1-2-7(3-6)12(9)11;2*1-5-8-6-2-3-7(4-6)9(8)10(11)12-5;4*10-9-8-6-2-1-5(3-6)7(8)4-11-9;4*1-5-7(2,3)6(8)9-4;3*1-4-5(2)6(7)8-3;2*1-3-2/h6-13H,1-5H2;2*5-9H,2-4H2,1H3;4*5-8H,1-4H2;4*5H2,1-4H3;3*5H,4H2,1-3H3;2*1-2H3. The van der Waals surface area contributed by atoms with Gasteiger partial charge in [0.2, 0.25) is 0 Å². The maximum absolute atomic E-state index is 11.8. The van der Waals surface area contributed by atoms with Crippen LogP contribution in [-0.4, -0.2) is 207 Å². The van der Waals surface area contributed by atoms with Gasteiger partial charge in [-0.15, -0.1) is 0 Å². The molecule has 30 nitrogen and oxygen atoms in total. The Morgan fingerprint density at radius 3 is 0.640 bits per heavy atom. The third kappa shape index (κ3) is 30.3. The Hall–Kier alpha value is -7.50. The van der Waals surface area contributed by atoms with Gasteiger partial charge in [0.05, 0.1) is 164 Å². The maximum atomic E-state index is 11.8. The van der Waals surface area contributed by atoms with E-state index in [9.17, 15) is 67.1 Å². The molecule has 7 aliphatic heterocycles. The number of methoxy groups -OCH3 is 9. The first-order valence-corrected chi connectivity index (χ1v) is 57.6. The predicted molar refractivity (Wildman–Crippen MR) is 564 cm³/mol. The molecule has 23 rings (SSSR count). The topological polar surface area (TPSA) is 387 Å². The van der Waals surface area contributed by atoms with Crippen molar-refractivity contribution in [1.82, 2.24) is 0 Å². The molecule has 0 aromatic heterocycles. The quantitative estimate of drug-likeness (QED) is 0.0885. The van der Waals surface area contributed by atoms with E-state index >= 15 is 0 Å². The Bertz CT molecular complexity index is 3980. The highest BCUT2D eigenvalue weighted by Gasteiger charge is 2.70. The van der Waals surface area contributed by atoms with Crippen molar-refractivity contribution in [3.05, 3.63) is 0 Å². The molecule has 37 unspecified atom stereocenters. The average molecular weight is 2120 g/mol. The minimum Gasteiger partial charge on any atom is -0.469 e. The molecule has 858 valence electrons. The van der Waals surface area contributed by atoms with E-state index in [1.807, 2.05) is 125 Å². The summed E-state index contributed by atoms with van der Waals surface area (Å²) >= 11 is 0. The number of carbonyl (C=O) groups is 14. The van der Waals surface area contributed by atoms with Gasteiger partial charge in [0, 0.05) is 69.9 Å². The van der Waals surface area contributed by atoms with Crippen LogP contribution in [0.4, 0.5) is 0 Å². The highest BCUT2D eigenvalue weighted by Crippen LogP contribution is 2.72. The minimum absolute atomic E-state index is 0.0556. The van der Waals surface area contributed by atoms with Crippen LogP contribution in [0.2, 0.25) is 0 Å². The average Bonchev–Trinajstić information content (AvgIpc) is 1.52. The molecule has 16 saturated carbocycles. The highest BCUT2D eigenvalue weighted by atomic mass is 16.6. The number of fused-ring (bicyclic) bond motifs is 42. The Morgan fingerprint density at radius 2 is 0.440 bits per heavy atom. The van der Waals surface area contributed by atoms with Gasteiger partial charge in [-0.25, -0.2) is 0 Å². The third-order valence-corrected chi connectivity index (χ3v) is 40.2. The summed E-state index contributed by atoms with van der Waals surface area (Å²) in [7, 11) is 16.4. The molecule has 30 heteroatoms. The first kappa shape index (κ1) is 128. The summed E-state index contributed by atoms with van der Waals surface area (Å²) in [4.78, 5) is 155. The molecule has 23 fully saturated rings. The molecule has 150 heavy (non-hydrogen) atoms. The molecule has 7 heterocycles. The largest absolute Gasteiger partial charge is 0.469 e. The molecule has 23 aliphatic rings. The van der Waals surface area contributed by atoms with Crippen molar-refractivity contribution in [3.63, 3.8) is 0 Å². The second-order valence-electron chi connectivity index (χ2n) is 49.9. The Labute approximate surface area is 898 Å². The normalized spacial score (nSPS) is 36.3. The lowest BCUT2D eigenvalue weighted by molar-refractivity contribution is -0.151. The molecule has 16 aliphatic carbocycles. The number of cyclic esters (lactones) is 7. The van der Waals surface area contributed by atoms with Crippen molar-refractivity contribution in [2.45, 2.75) is 337 Å². The Kier molecular flexibility index (Phi) is 49.3. The van der Waals surface area contributed by atoms with Gasteiger partial charge >= 0.3 is 83.6 Å². The maximum Gasteiger partial charge on any atom is 0.311 e. The number of rotatable bonds is 14. The van der Waals surface area contributed by atoms with Gasteiger partial charge in [-0.3, -0.25) is 67.1 Å². The molecule has 7 saturated heterocycles. The minimum atomic E-state index is -0.311. The Balaban J connectivity index is 0.000000197. The summed E-state index contributed by atoms with van der Waals surface area (Å²) in [5.41, 5.74) is -1.24. The first-order valence-electron chi connectivity index (χ1n) is 57.6. The lowest BCUT2D eigenvalue weighted by atomic mass is 9.64. The van der Waals surface area contributed by atoms with Gasteiger partial charge < -0.3 is 75.8 Å². The lowest BCUT2D eigenvalue weighted by Crippen LogP contribution is -2.38. The summed E-state index contributed by atoms with van der Waals surface area (Å²) in [5.74, 6) is 21.0. The van der Waals surface area contributed by atoms with Crippen LogP contribution in [0, 0.1) is 229 Å². The summed E-state index contributed by atoms with van der Waals surface area (Å²) in [6, 6.07) is 0. The van der Waals surface area contributed by atoms with E-state index in [0.29, 0.717) is 118 Å². The third-order valence-electron chi connectivity index (χ3n) is 40.2. The molecule has 0 amide bonds. The van der Waals surface area contributed by atoms with Gasteiger partial charge in [-0.1, -0.05) is 69.2 Å². The Morgan fingerprint density at radius 1 is 0.247 bits per heavy atom. The van der Waals surface area contributed by atoms with Crippen molar-refractivity contribution in [2.24, 2.45) is 229 Å². The van der Waals surface area contributed by atoms with Crippen LogP contribution in [0.15, 0.2) is 0 Å². The lowest BCUT2D eigenvalue weighted by Gasteiger charge is -2.38. The summed E-state index contributed by atoms with van der Waals surface area (Å²) in [6.07, 6.45) is 35.6. The van der Waals surface area contributed by atoms with Crippen LogP contribution in [0.1, 0.15) is 325 Å². The van der Waals surface area contributed by atoms with Gasteiger partial charge in [0.25, 0.3) is 0 Å². The zero-order chi connectivity index (χ0) is 112. The predicted octanol–water partition coefficient (Wildman–Crippen LogP) is 20.6. The van der Waals surface area contributed by atoms with E-state index in [0.717, 1.165) is 149 Å². The van der Waals surface area contributed by atoms with Gasteiger partial charge in [-0.05, 0) is 362 Å². The number of esters is 14. The van der Waals surface area contributed by atoms with Crippen LogP contribution in [-0.2, 0) is 143 Å². The fourth-order valence-corrected chi connectivity index (χ4v) is 29.9. The van der Waals surface area contributed by atoms with Crippen LogP contribution in [0.3, 0.4) is 0 Å². The van der Waals surface area contributed by atoms with E-state index in [-0.39, 0.29) is 135 Å². The number of hydrogen-bond donors (Lipinski definition) is 0. The van der Waals surface area contributed by atoms with Crippen molar-refractivity contribution >= 4 is 83.6 Å². The molecule has 0 N–H and O–H groups in total. The molecular weight excluding hydrogens is 1920 g/mol. The second kappa shape index (κ2) is 58.0. The molecular formula is C120H198O30. The van der Waals surface area contributed by atoms with Crippen LogP contribution in [0.5, 0.6) is 0 Å².